The zero-order valence-corrected chi connectivity index (χ0v) is 9.17. The average Bonchev–Trinajstić information content (AvgIpc) is 2.78. The van der Waals surface area contributed by atoms with Crippen LogP contribution in [0, 0.1) is 5.92 Å². The third-order valence-corrected chi connectivity index (χ3v) is 3.95. The number of hydrogen-bond acceptors (Lipinski definition) is 2. The first-order chi connectivity index (χ1) is 7.45. The normalized spacial score (nSPS) is 27.6. The second-order valence-electron chi connectivity index (χ2n) is 4.88. The van der Waals surface area contributed by atoms with Crippen LogP contribution in [-0.4, -0.2) is 6.54 Å². The zero-order valence-electron chi connectivity index (χ0n) is 9.17. The Balaban J connectivity index is 1.82. The monoisotopic (exact) mass is 205 g/mol. The van der Waals surface area contributed by atoms with Crippen LogP contribution in [0.1, 0.15) is 49.5 Å². The summed E-state index contributed by atoms with van der Waals surface area (Å²) in [6.07, 6.45) is 9.96. The van der Waals surface area contributed by atoms with Gasteiger partial charge in [0.15, 0.2) is 0 Å². The van der Waals surface area contributed by atoms with Crippen LogP contribution in [0.15, 0.2) is 16.7 Å². The standard InChI is InChI=1S/C13H19NO/c1-2-4-10(5-3-1)13-11-7-9-15-12(11)6-8-14-13/h7,9-10,13-14H,1-6,8H2. The summed E-state index contributed by atoms with van der Waals surface area (Å²) in [5.74, 6) is 2.07. The smallest absolute Gasteiger partial charge is 0.109 e. The molecule has 0 radical (unpaired) electrons. The van der Waals surface area contributed by atoms with Crippen LogP contribution in [0.4, 0.5) is 0 Å². The van der Waals surface area contributed by atoms with Crippen molar-refractivity contribution in [2.24, 2.45) is 5.92 Å². The van der Waals surface area contributed by atoms with E-state index in [0.717, 1.165) is 18.9 Å². The second kappa shape index (κ2) is 4.01. The highest BCUT2D eigenvalue weighted by Crippen LogP contribution is 2.37. The lowest BCUT2D eigenvalue weighted by Gasteiger charge is -2.33. The molecule has 82 valence electrons. The van der Waals surface area contributed by atoms with Gasteiger partial charge in [-0.15, -0.1) is 0 Å². The molecule has 2 aliphatic rings. The predicted molar refractivity (Wildman–Crippen MR) is 59.7 cm³/mol. The molecule has 15 heavy (non-hydrogen) atoms. The molecule has 1 aromatic heterocycles. The Labute approximate surface area is 91.0 Å². The maximum atomic E-state index is 5.54. The first kappa shape index (κ1) is 9.46. The molecule has 1 aromatic rings. The van der Waals surface area contributed by atoms with Crippen molar-refractivity contribution in [1.29, 1.82) is 0 Å². The van der Waals surface area contributed by atoms with Gasteiger partial charge in [-0.3, -0.25) is 0 Å². The van der Waals surface area contributed by atoms with Gasteiger partial charge in [-0.2, -0.15) is 0 Å². The molecule has 2 nitrogen and oxygen atoms in total. The highest BCUT2D eigenvalue weighted by atomic mass is 16.3. The number of rotatable bonds is 1. The van der Waals surface area contributed by atoms with Crippen molar-refractivity contribution < 1.29 is 4.42 Å². The van der Waals surface area contributed by atoms with Gasteiger partial charge in [-0.25, -0.2) is 0 Å². The number of nitrogens with one attached hydrogen (secondary N) is 1. The lowest BCUT2D eigenvalue weighted by Crippen LogP contribution is -2.34. The maximum Gasteiger partial charge on any atom is 0.109 e. The fourth-order valence-electron chi connectivity index (χ4n) is 3.17. The maximum absolute atomic E-state index is 5.54. The van der Waals surface area contributed by atoms with E-state index in [1.165, 1.54) is 43.4 Å². The molecule has 0 spiro atoms. The van der Waals surface area contributed by atoms with Crippen LogP contribution in [0.5, 0.6) is 0 Å². The molecule has 1 atom stereocenters. The minimum Gasteiger partial charge on any atom is -0.469 e. The number of hydrogen-bond donors (Lipinski definition) is 1. The molecular formula is C13H19NO. The molecule has 1 fully saturated rings. The van der Waals surface area contributed by atoms with Gasteiger partial charge in [0.1, 0.15) is 5.76 Å². The van der Waals surface area contributed by atoms with E-state index in [1.807, 2.05) is 6.26 Å². The molecule has 2 heterocycles. The Morgan fingerprint density at radius 2 is 2.07 bits per heavy atom. The molecule has 0 bridgehead atoms. The Morgan fingerprint density at radius 1 is 1.20 bits per heavy atom. The topological polar surface area (TPSA) is 25.2 Å². The van der Waals surface area contributed by atoms with Crippen molar-refractivity contribution in [3.8, 4) is 0 Å². The molecule has 1 N–H and O–H groups in total. The summed E-state index contributed by atoms with van der Waals surface area (Å²) >= 11 is 0. The average molecular weight is 205 g/mol. The van der Waals surface area contributed by atoms with Gasteiger partial charge in [-0.1, -0.05) is 19.3 Å². The third kappa shape index (κ3) is 1.71. The molecule has 1 saturated carbocycles. The second-order valence-corrected chi connectivity index (χ2v) is 4.88. The summed E-state index contributed by atoms with van der Waals surface area (Å²) in [6, 6.07) is 2.74. The van der Waals surface area contributed by atoms with Gasteiger partial charge in [0.25, 0.3) is 0 Å². The molecule has 1 aliphatic carbocycles. The van der Waals surface area contributed by atoms with Crippen molar-refractivity contribution in [1.82, 2.24) is 5.32 Å². The van der Waals surface area contributed by atoms with Crippen molar-refractivity contribution in [2.45, 2.75) is 44.6 Å². The Hall–Kier alpha value is -0.760. The van der Waals surface area contributed by atoms with E-state index in [1.54, 1.807) is 0 Å². The summed E-state index contributed by atoms with van der Waals surface area (Å²) in [5, 5.41) is 3.67. The van der Waals surface area contributed by atoms with E-state index >= 15 is 0 Å². The van der Waals surface area contributed by atoms with E-state index in [9.17, 15) is 0 Å². The van der Waals surface area contributed by atoms with Crippen molar-refractivity contribution >= 4 is 0 Å². The molecule has 0 saturated heterocycles. The SMILES string of the molecule is c1cc2c(o1)CCNC2C1CCCCC1. The first-order valence-electron chi connectivity index (χ1n) is 6.25. The van der Waals surface area contributed by atoms with E-state index in [2.05, 4.69) is 11.4 Å². The van der Waals surface area contributed by atoms with Crippen LogP contribution in [0.25, 0.3) is 0 Å². The summed E-state index contributed by atoms with van der Waals surface area (Å²) in [4.78, 5) is 0. The molecule has 2 heteroatoms. The van der Waals surface area contributed by atoms with Crippen LogP contribution in [0.3, 0.4) is 0 Å². The van der Waals surface area contributed by atoms with Crippen LogP contribution >= 0.6 is 0 Å². The van der Waals surface area contributed by atoms with Gasteiger partial charge >= 0.3 is 0 Å². The lowest BCUT2D eigenvalue weighted by molar-refractivity contribution is 0.259. The predicted octanol–water partition coefficient (Wildman–Crippen LogP) is 3.05. The van der Waals surface area contributed by atoms with Gasteiger partial charge in [0, 0.05) is 24.6 Å². The van der Waals surface area contributed by atoms with E-state index < -0.39 is 0 Å². The largest absolute Gasteiger partial charge is 0.469 e. The zero-order chi connectivity index (χ0) is 10.1. The summed E-state index contributed by atoms with van der Waals surface area (Å²) in [7, 11) is 0. The number of furan rings is 1. The minimum atomic E-state index is 0.577. The fraction of sp³-hybridized carbons (Fsp3) is 0.692. The summed E-state index contributed by atoms with van der Waals surface area (Å²) < 4.78 is 5.54. The van der Waals surface area contributed by atoms with Crippen molar-refractivity contribution in [3.05, 3.63) is 23.7 Å². The Morgan fingerprint density at radius 3 is 2.93 bits per heavy atom. The molecular weight excluding hydrogens is 186 g/mol. The molecule has 1 unspecified atom stereocenters. The van der Waals surface area contributed by atoms with Gasteiger partial charge in [-0.05, 0) is 24.8 Å². The molecule has 0 aromatic carbocycles. The molecule has 1 aliphatic heterocycles. The highest BCUT2D eigenvalue weighted by molar-refractivity contribution is 5.25. The third-order valence-electron chi connectivity index (χ3n) is 3.95. The Kier molecular flexibility index (Phi) is 2.53. The van der Waals surface area contributed by atoms with Gasteiger partial charge in [0.2, 0.25) is 0 Å². The van der Waals surface area contributed by atoms with E-state index in [-0.39, 0.29) is 0 Å². The lowest BCUT2D eigenvalue weighted by atomic mass is 9.80. The van der Waals surface area contributed by atoms with Gasteiger partial charge in [0.05, 0.1) is 6.26 Å². The number of fused-ring (bicyclic) bond motifs is 1. The van der Waals surface area contributed by atoms with E-state index in [4.69, 9.17) is 4.42 Å². The summed E-state index contributed by atoms with van der Waals surface area (Å²) in [6.45, 7) is 1.08. The molecule has 0 amide bonds. The van der Waals surface area contributed by atoms with Gasteiger partial charge < -0.3 is 9.73 Å². The minimum absolute atomic E-state index is 0.577. The fourth-order valence-corrected chi connectivity index (χ4v) is 3.17. The van der Waals surface area contributed by atoms with Crippen LogP contribution < -0.4 is 5.32 Å². The first-order valence-corrected chi connectivity index (χ1v) is 6.25. The van der Waals surface area contributed by atoms with Crippen molar-refractivity contribution in [2.75, 3.05) is 6.54 Å². The molecule has 3 rings (SSSR count). The highest BCUT2D eigenvalue weighted by Gasteiger charge is 2.29. The van der Waals surface area contributed by atoms with Crippen LogP contribution in [-0.2, 0) is 6.42 Å². The summed E-state index contributed by atoms with van der Waals surface area (Å²) in [5.41, 5.74) is 1.44. The quantitative estimate of drug-likeness (QED) is 0.762. The van der Waals surface area contributed by atoms with Crippen LogP contribution in [0.2, 0.25) is 0 Å². The van der Waals surface area contributed by atoms with E-state index in [0.29, 0.717) is 6.04 Å². The Bertz CT molecular complexity index is 325. The van der Waals surface area contributed by atoms with Crippen molar-refractivity contribution in [3.63, 3.8) is 0 Å².